The van der Waals surface area contributed by atoms with Crippen molar-refractivity contribution >= 4 is 14.0 Å². The summed E-state index contributed by atoms with van der Waals surface area (Å²) in [7, 11) is -0.627. The molecule has 1 aliphatic carbocycles. The molecule has 18 heavy (non-hydrogen) atoms. The van der Waals surface area contributed by atoms with Crippen molar-refractivity contribution in [3.05, 3.63) is 29.8 Å². The second-order valence-electron chi connectivity index (χ2n) is 6.31. The lowest BCUT2D eigenvalue weighted by atomic mass is 9.85. The molecule has 3 rings (SSSR count). The highest BCUT2D eigenvalue weighted by Crippen LogP contribution is 2.50. The molecule has 0 bridgehead atoms. The van der Waals surface area contributed by atoms with Crippen molar-refractivity contribution < 1.29 is 4.74 Å². The number of hydrogen-bond donors (Lipinski definition) is 0. The largest absolute Gasteiger partial charge is 0.366 e. The predicted octanol–water partition coefficient (Wildman–Crippen LogP) is 3.02. The molecule has 98 valence electrons. The Bertz CT molecular complexity index is 412. The van der Waals surface area contributed by atoms with Gasteiger partial charge in [0.2, 0.25) is 0 Å². The van der Waals surface area contributed by atoms with Crippen LogP contribution in [0.3, 0.4) is 0 Å². The van der Waals surface area contributed by atoms with Crippen LogP contribution in [0.15, 0.2) is 24.3 Å². The third-order valence-corrected chi connectivity index (χ3v) is 6.42. The Hall–Kier alpha value is -0.603. The van der Waals surface area contributed by atoms with E-state index in [4.69, 9.17) is 4.74 Å². The van der Waals surface area contributed by atoms with Gasteiger partial charge in [0.15, 0.2) is 0 Å². The topological polar surface area (TPSA) is 12.5 Å². The van der Waals surface area contributed by atoms with Crippen LogP contribution in [0, 0.1) is 0 Å². The van der Waals surface area contributed by atoms with Gasteiger partial charge in [-0.1, -0.05) is 55.4 Å². The molecule has 0 aromatic heterocycles. The number of ether oxygens (including phenoxy) is 1. The first-order valence-electron chi connectivity index (χ1n) is 7.46. The van der Waals surface area contributed by atoms with Crippen LogP contribution < -0.4 is 5.19 Å². The molecule has 2 heteroatoms. The molecule has 1 aliphatic heterocycles. The highest BCUT2D eigenvalue weighted by atomic mass is 28.3. The molecule has 2 aliphatic rings. The highest BCUT2D eigenvalue weighted by molar-refractivity contribution is 6.70. The molecule has 1 aromatic carbocycles. The smallest absolute Gasteiger partial charge is 0.0951 e. The Balaban J connectivity index is 1.57. The van der Waals surface area contributed by atoms with Gasteiger partial charge in [0, 0.05) is 0 Å². The monoisotopic (exact) mass is 260 g/mol. The van der Waals surface area contributed by atoms with Gasteiger partial charge in [0.1, 0.15) is 0 Å². The summed E-state index contributed by atoms with van der Waals surface area (Å²) in [5.74, 6) is 0. The van der Waals surface area contributed by atoms with Crippen LogP contribution in [-0.2, 0) is 11.2 Å². The van der Waals surface area contributed by atoms with Crippen molar-refractivity contribution in [3.8, 4) is 0 Å². The molecule has 1 saturated carbocycles. The van der Waals surface area contributed by atoms with Crippen LogP contribution in [0.5, 0.6) is 0 Å². The van der Waals surface area contributed by atoms with Crippen molar-refractivity contribution in [2.45, 2.75) is 63.3 Å². The van der Waals surface area contributed by atoms with Crippen LogP contribution in [0.2, 0.25) is 13.1 Å². The first kappa shape index (κ1) is 12.4. The van der Waals surface area contributed by atoms with Crippen LogP contribution in [0.4, 0.5) is 0 Å². The van der Waals surface area contributed by atoms with Crippen LogP contribution in [-0.4, -0.2) is 20.5 Å². The fourth-order valence-corrected chi connectivity index (χ4v) is 4.28. The normalized spacial score (nSPS) is 30.3. The van der Waals surface area contributed by atoms with E-state index in [0.29, 0.717) is 11.7 Å². The third kappa shape index (κ3) is 2.41. The average Bonchev–Trinajstić information content (AvgIpc) is 3.12. The molecule has 2 fully saturated rings. The van der Waals surface area contributed by atoms with Crippen LogP contribution in [0.1, 0.15) is 37.7 Å². The molecular formula is C16H24OSi. The lowest BCUT2D eigenvalue weighted by Gasteiger charge is -2.17. The number of epoxide rings is 1. The van der Waals surface area contributed by atoms with E-state index in [-0.39, 0.29) is 0 Å². The molecule has 0 spiro atoms. The van der Waals surface area contributed by atoms with Gasteiger partial charge in [-0.3, -0.25) is 0 Å². The lowest BCUT2D eigenvalue weighted by molar-refractivity contribution is 0.271. The molecule has 1 saturated heterocycles. The maximum Gasteiger partial charge on any atom is 0.0951 e. The molecule has 1 aromatic rings. The summed E-state index contributed by atoms with van der Waals surface area (Å²) in [6.45, 7) is 4.78. The highest BCUT2D eigenvalue weighted by Gasteiger charge is 2.56. The fraction of sp³-hybridized carbons (Fsp3) is 0.625. The SMILES string of the molecule is C[SiH](C)c1ccc(CCC23CCCCC2O3)cc1. The summed E-state index contributed by atoms with van der Waals surface area (Å²) in [4.78, 5) is 0. The fourth-order valence-electron chi connectivity index (χ4n) is 3.32. The van der Waals surface area contributed by atoms with Gasteiger partial charge in [-0.2, -0.15) is 0 Å². The Morgan fingerprint density at radius 3 is 2.67 bits per heavy atom. The number of rotatable bonds is 4. The quantitative estimate of drug-likeness (QED) is 0.599. The van der Waals surface area contributed by atoms with Gasteiger partial charge >= 0.3 is 0 Å². The molecular weight excluding hydrogens is 236 g/mol. The van der Waals surface area contributed by atoms with Crippen molar-refractivity contribution in [1.29, 1.82) is 0 Å². The van der Waals surface area contributed by atoms with Crippen LogP contribution in [0.25, 0.3) is 0 Å². The number of hydrogen-bond acceptors (Lipinski definition) is 1. The maximum absolute atomic E-state index is 5.96. The van der Waals surface area contributed by atoms with Crippen molar-refractivity contribution in [1.82, 2.24) is 0 Å². The zero-order valence-electron chi connectivity index (χ0n) is 11.6. The maximum atomic E-state index is 5.96. The molecule has 0 N–H and O–H groups in total. The van der Waals surface area contributed by atoms with E-state index >= 15 is 0 Å². The minimum Gasteiger partial charge on any atom is -0.366 e. The van der Waals surface area contributed by atoms with E-state index in [9.17, 15) is 0 Å². The Labute approximate surface area is 112 Å². The summed E-state index contributed by atoms with van der Waals surface area (Å²) in [5.41, 5.74) is 1.78. The summed E-state index contributed by atoms with van der Waals surface area (Å²) in [6, 6.07) is 9.35. The first-order valence-corrected chi connectivity index (χ1v) is 10.3. The Morgan fingerprint density at radius 2 is 2.00 bits per heavy atom. The van der Waals surface area contributed by atoms with Gasteiger partial charge in [-0.15, -0.1) is 0 Å². The van der Waals surface area contributed by atoms with E-state index < -0.39 is 8.80 Å². The summed E-state index contributed by atoms with van der Waals surface area (Å²) in [6.07, 6.45) is 8.38. The zero-order valence-corrected chi connectivity index (χ0v) is 12.8. The second-order valence-corrected chi connectivity index (χ2v) is 9.29. The van der Waals surface area contributed by atoms with E-state index in [0.717, 1.165) is 0 Å². The van der Waals surface area contributed by atoms with E-state index in [1.165, 1.54) is 44.1 Å². The molecule has 2 atom stereocenters. The van der Waals surface area contributed by atoms with Gasteiger partial charge in [0.25, 0.3) is 0 Å². The van der Waals surface area contributed by atoms with Gasteiger partial charge in [0.05, 0.1) is 20.5 Å². The first-order chi connectivity index (χ1) is 8.70. The predicted molar refractivity (Wildman–Crippen MR) is 79.3 cm³/mol. The minimum absolute atomic E-state index is 0.295. The van der Waals surface area contributed by atoms with Crippen molar-refractivity contribution in [2.24, 2.45) is 0 Å². The molecule has 2 unspecified atom stereocenters. The van der Waals surface area contributed by atoms with Gasteiger partial charge < -0.3 is 4.74 Å². The van der Waals surface area contributed by atoms with Gasteiger partial charge in [-0.25, -0.2) is 0 Å². The average molecular weight is 260 g/mol. The molecule has 1 heterocycles. The van der Waals surface area contributed by atoms with Gasteiger partial charge in [-0.05, 0) is 31.2 Å². The summed E-state index contributed by atoms with van der Waals surface area (Å²) in [5, 5.41) is 1.58. The van der Waals surface area contributed by atoms with Crippen molar-refractivity contribution in [3.63, 3.8) is 0 Å². The Kier molecular flexibility index (Phi) is 3.33. The van der Waals surface area contributed by atoms with E-state index in [2.05, 4.69) is 37.4 Å². The minimum atomic E-state index is -0.627. The zero-order chi connectivity index (χ0) is 12.6. The summed E-state index contributed by atoms with van der Waals surface area (Å²) >= 11 is 0. The second kappa shape index (κ2) is 4.82. The Morgan fingerprint density at radius 1 is 1.22 bits per heavy atom. The van der Waals surface area contributed by atoms with Crippen molar-refractivity contribution in [2.75, 3.05) is 0 Å². The number of aryl methyl sites for hydroxylation is 1. The molecule has 1 nitrogen and oxygen atoms in total. The number of fused-ring (bicyclic) bond motifs is 1. The molecule has 0 radical (unpaired) electrons. The third-order valence-electron chi connectivity index (χ3n) is 4.71. The number of benzene rings is 1. The van der Waals surface area contributed by atoms with E-state index in [1.54, 1.807) is 5.19 Å². The van der Waals surface area contributed by atoms with Crippen LogP contribution >= 0.6 is 0 Å². The molecule has 0 amide bonds. The standard InChI is InChI=1S/C16H24OSi/c1-18(2)14-8-6-13(7-9-14)10-12-16-11-4-3-5-15(16)17-16/h6-9,15,18H,3-5,10-12H2,1-2H3. The summed E-state index contributed by atoms with van der Waals surface area (Å²) < 4.78 is 5.96. The van der Waals surface area contributed by atoms with E-state index in [1.807, 2.05) is 0 Å². The lowest BCUT2D eigenvalue weighted by Crippen LogP contribution is -2.22.